The fraction of sp³-hybridized carbons (Fsp3) is 0.429. The number of hydrogen-bond acceptors (Lipinski definition) is 3. The van der Waals surface area contributed by atoms with E-state index in [1.807, 2.05) is 7.05 Å². The normalized spacial score (nSPS) is 9.80. The van der Waals surface area contributed by atoms with Crippen molar-refractivity contribution in [1.29, 1.82) is 0 Å². The highest BCUT2D eigenvalue weighted by molar-refractivity contribution is 5.95. The molecule has 20 heavy (non-hydrogen) atoms. The van der Waals surface area contributed by atoms with Crippen molar-refractivity contribution >= 4 is 29.9 Å². The number of rotatable bonds is 6. The molecule has 0 fully saturated rings. The molecule has 0 aliphatic heterocycles. The lowest BCUT2D eigenvalue weighted by molar-refractivity contribution is -0.114. The lowest BCUT2D eigenvalue weighted by Crippen LogP contribution is -2.32. The summed E-state index contributed by atoms with van der Waals surface area (Å²) in [6, 6.07) is 6.83. The SMILES string of the molecule is CCN(C)CCNC(=O)c1ccc(NC(C)=O)cc1.Cl. The number of anilines is 1. The Morgan fingerprint density at radius 3 is 2.30 bits per heavy atom. The van der Waals surface area contributed by atoms with E-state index in [0.29, 0.717) is 17.8 Å². The van der Waals surface area contributed by atoms with Crippen LogP contribution in [0.25, 0.3) is 0 Å². The summed E-state index contributed by atoms with van der Waals surface area (Å²) in [6.07, 6.45) is 0. The number of nitrogens with one attached hydrogen (secondary N) is 2. The second kappa shape index (κ2) is 9.34. The lowest BCUT2D eigenvalue weighted by Gasteiger charge is -2.14. The summed E-state index contributed by atoms with van der Waals surface area (Å²) in [5.41, 5.74) is 1.28. The number of hydrogen-bond donors (Lipinski definition) is 2. The lowest BCUT2D eigenvalue weighted by atomic mass is 10.2. The van der Waals surface area contributed by atoms with Crippen molar-refractivity contribution < 1.29 is 9.59 Å². The van der Waals surface area contributed by atoms with Crippen LogP contribution in [0.5, 0.6) is 0 Å². The minimum absolute atomic E-state index is 0. The number of carbonyl (C=O) groups excluding carboxylic acids is 2. The van der Waals surface area contributed by atoms with Gasteiger partial charge < -0.3 is 15.5 Å². The Morgan fingerprint density at radius 2 is 1.80 bits per heavy atom. The van der Waals surface area contributed by atoms with Gasteiger partial charge in [0.25, 0.3) is 5.91 Å². The fourth-order valence-corrected chi connectivity index (χ4v) is 1.53. The Kier molecular flexibility index (Phi) is 8.59. The maximum atomic E-state index is 11.8. The Morgan fingerprint density at radius 1 is 1.20 bits per heavy atom. The van der Waals surface area contributed by atoms with Crippen LogP contribution in [0.2, 0.25) is 0 Å². The summed E-state index contributed by atoms with van der Waals surface area (Å²) in [5, 5.41) is 5.52. The van der Waals surface area contributed by atoms with Gasteiger partial charge in [0.1, 0.15) is 0 Å². The van der Waals surface area contributed by atoms with Gasteiger partial charge in [0.15, 0.2) is 0 Å². The molecule has 6 heteroatoms. The number of nitrogens with zero attached hydrogens (tertiary/aromatic N) is 1. The molecule has 0 saturated carbocycles. The molecule has 0 aliphatic rings. The van der Waals surface area contributed by atoms with Gasteiger partial charge in [-0.1, -0.05) is 6.92 Å². The van der Waals surface area contributed by atoms with Crippen LogP contribution in [0.3, 0.4) is 0 Å². The molecule has 0 heterocycles. The molecule has 0 unspecified atom stereocenters. The second-order valence-electron chi connectivity index (χ2n) is 4.41. The van der Waals surface area contributed by atoms with Gasteiger partial charge in [-0.2, -0.15) is 0 Å². The van der Waals surface area contributed by atoms with Gasteiger partial charge in [0.2, 0.25) is 5.91 Å². The first kappa shape index (κ1) is 18.4. The van der Waals surface area contributed by atoms with Crippen molar-refractivity contribution in [2.24, 2.45) is 0 Å². The van der Waals surface area contributed by atoms with E-state index in [2.05, 4.69) is 22.5 Å². The number of likely N-dealkylation sites (N-methyl/N-ethyl adjacent to an activating group) is 1. The predicted molar refractivity (Wildman–Crippen MR) is 83.5 cm³/mol. The Balaban J connectivity index is 0.00000361. The molecule has 1 rings (SSSR count). The summed E-state index contributed by atoms with van der Waals surface area (Å²) in [5.74, 6) is -0.223. The highest BCUT2D eigenvalue weighted by atomic mass is 35.5. The van der Waals surface area contributed by atoms with Crippen molar-refractivity contribution in [1.82, 2.24) is 10.2 Å². The third kappa shape index (κ3) is 6.54. The smallest absolute Gasteiger partial charge is 0.251 e. The van der Waals surface area contributed by atoms with Crippen molar-refractivity contribution in [3.05, 3.63) is 29.8 Å². The van der Waals surface area contributed by atoms with Crippen molar-refractivity contribution in [3.8, 4) is 0 Å². The number of amides is 2. The molecule has 1 aromatic carbocycles. The van der Waals surface area contributed by atoms with E-state index in [1.165, 1.54) is 6.92 Å². The molecule has 0 spiro atoms. The second-order valence-corrected chi connectivity index (χ2v) is 4.41. The van der Waals surface area contributed by atoms with E-state index in [1.54, 1.807) is 24.3 Å². The number of halogens is 1. The van der Waals surface area contributed by atoms with E-state index < -0.39 is 0 Å². The topological polar surface area (TPSA) is 61.4 Å². The predicted octanol–water partition coefficient (Wildman–Crippen LogP) is 1.75. The molecule has 0 saturated heterocycles. The molecule has 0 aromatic heterocycles. The van der Waals surface area contributed by atoms with Gasteiger partial charge in [-0.3, -0.25) is 9.59 Å². The van der Waals surface area contributed by atoms with Crippen LogP contribution < -0.4 is 10.6 Å². The quantitative estimate of drug-likeness (QED) is 0.841. The van der Waals surface area contributed by atoms with E-state index in [0.717, 1.165) is 13.1 Å². The third-order valence-electron chi connectivity index (χ3n) is 2.79. The molecule has 0 aliphatic carbocycles. The van der Waals surface area contributed by atoms with Gasteiger partial charge in [0.05, 0.1) is 0 Å². The van der Waals surface area contributed by atoms with Gasteiger partial charge in [0, 0.05) is 31.3 Å². The van der Waals surface area contributed by atoms with Gasteiger partial charge in [-0.15, -0.1) is 12.4 Å². The molecule has 5 nitrogen and oxygen atoms in total. The molecule has 2 amide bonds. The standard InChI is InChI=1S/C14H21N3O2.ClH/c1-4-17(3)10-9-15-14(19)12-5-7-13(8-6-12)16-11(2)18;/h5-8H,4,9-10H2,1-3H3,(H,15,19)(H,16,18);1H. The third-order valence-corrected chi connectivity index (χ3v) is 2.79. The minimum Gasteiger partial charge on any atom is -0.351 e. The summed E-state index contributed by atoms with van der Waals surface area (Å²) in [7, 11) is 2.01. The number of benzene rings is 1. The molecule has 0 atom stereocenters. The summed E-state index contributed by atoms with van der Waals surface area (Å²) in [4.78, 5) is 24.8. The van der Waals surface area contributed by atoms with Crippen molar-refractivity contribution in [3.63, 3.8) is 0 Å². The number of carbonyl (C=O) groups is 2. The monoisotopic (exact) mass is 299 g/mol. The maximum absolute atomic E-state index is 11.8. The average Bonchev–Trinajstić information content (AvgIpc) is 2.38. The molecule has 0 radical (unpaired) electrons. The molecular weight excluding hydrogens is 278 g/mol. The Hall–Kier alpha value is -1.59. The zero-order chi connectivity index (χ0) is 14.3. The fourth-order valence-electron chi connectivity index (χ4n) is 1.53. The van der Waals surface area contributed by atoms with E-state index in [4.69, 9.17) is 0 Å². The summed E-state index contributed by atoms with van der Waals surface area (Å²) in [6.45, 7) is 5.93. The first-order valence-electron chi connectivity index (χ1n) is 6.37. The first-order chi connectivity index (χ1) is 9.02. The maximum Gasteiger partial charge on any atom is 0.251 e. The highest BCUT2D eigenvalue weighted by Gasteiger charge is 2.05. The summed E-state index contributed by atoms with van der Waals surface area (Å²) < 4.78 is 0. The van der Waals surface area contributed by atoms with Gasteiger partial charge in [-0.25, -0.2) is 0 Å². The Labute approximate surface area is 126 Å². The molecule has 112 valence electrons. The van der Waals surface area contributed by atoms with Crippen molar-refractivity contribution in [2.45, 2.75) is 13.8 Å². The molecule has 1 aromatic rings. The van der Waals surface area contributed by atoms with Crippen LogP contribution in [0, 0.1) is 0 Å². The van der Waals surface area contributed by atoms with E-state index >= 15 is 0 Å². The van der Waals surface area contributed by atoms with Crippen LogP contribution in [-0.4, -0.2) is 43.4 Å². The molecule has 2 N–H and O–H groups in total. The zero-order valence-electron chi connectivity index (χ0n) is 12.1. The molecule has 0 bridgehead atoms. The van der Waals surface area contributed by atoms with Crippen LogP contribution in [0.1, 0.15) is 24.2 Å². The molecular formula is C14H22ClN3O2. The van der Waals surface area contributed by atoms with Crippen LogP contribution in [-0.2, 0) is 4.79 Å². The van der Waals surface area contributed by atoms with Crippen LogP contribution >= 0.6 is 12.4 Å². The van der Waals surface area contributed by atoms with Crippen LogP contribution in [0.15, 0.2) is 24.3 Å². The van der Waals surface area contributed by atoms with Crippen LogP contribution in [0.4, 0.5) is 5.69 Å². The summed E-state index contributed by atoms with van der Waals surface area (Å²) >= 11 is 0. The Bertz CT molecular complexity index is 435. The van der Waals surface area contributed by atoms with E-state index in [9.17, 15) is 9.59 Å². The van der Waals surface area contributed by atoms with Crippen molar-refractivity contribution in [2.75, 3.05) is 32.0 Å². The largest absolute Gasteiger partial charge is 0.351 e. The zero-order valence-corrected chi connectivity index (χ0v) is 12.9. The minimum atomic E-state index is -0.125. The van der Waals surface area contributed by atoms with Gasteiger partial charge >= 0.3 is 0 Å². The van der Waals surface area contributed by atoms with Gasteiger partial charge in [-0.05, 0) is 37.9 Å². The van der Waals surface area contributed by atoms with E-state index in [-0.39, 0.29) is 24.2 Å². The highest BCUT2D eigenvalue weighted by Crippen LogP contribution is 2.09. The first-order valence-corrected chi connectivity index (χ1v) is 6.37. The average molecular weight is 300 g/mol.